The summed E-state index contributed by atoms with van der Waals surface area (Å²) in [5.74, 6) is -0.389. The van der Waals surface area contributed by atoms with Crippen LogP contribution in [0.5, 0.6) is 0 Å². The maximum atomic E-state index is 11.7. The molecule has 0 saturated carbocycles. The number of hydrogen-bond donors (Lipinski definition) is 2. The van der Waals surface area contributed by atoms with Gasteiger partial charge in [0, 0.05) is 5.69 Å². The molecule has 0 unspecified atom stereocenters. The highest BCUT2D eigenvalue weighted by atomic mass is 16.6. The van der Waals surface area contributed by atoms with Gasteiger partial charge in [-0.3, -0.25) is 4.79 Å². The standard InChI is InChI=1S/C13H20N2O2/c1-13(2,3)17-12(16)11(15)8-9-5-4-6-10(14)7-9/h4-7,11H,8,14-15H2,1-3H3/t11-/m0/s1. The van der Waals surface area contributed by atoms with Gasteiger partial charge in [0.2, 0.25) is 0 Å². The quantitative estimate of drug-likeness (QED) is 0.615. The van der Waals surface area contributed by atoms with Gasteiger partial charge in [0.25, 0.3) is 0 Å². The molecule has 0 aliphatic heterocycles. The Bertz CT molecular complexity index is 397. The summed E-state index contributed by atoms with van der Waals surface area (Å²) < 4.78 is 5.21. The molecule has 0 bridgehead atoms. The van der Waals surface area contributed by atoms with Crippen molar-refractivity contribution in [3.63, 3.8) is 0 Å². The molecule has 4 heteroatoms. The molecule has 0 aromatic heterocycles. The first kappa shape index (κ1) is 13.5. The first-order valence-corrected chi connectivity index (χ1v) is 5.61. The molecular formula is C13H20N2O2. The number of hydrogen-bond acceptors (Lipinski definition) is 4. The van der Waals surface area contributed by atoms with Gasteiger partial charge in [-0.1, -0.05) is 12.1 Å². The van der Waals surface area contributed by atoms with E-state index in [0.29, 0.717) is 12.1 Å². The van der Waals surface area contributed by atoms with Gasteiger partial charge in [0.05, 0.1) is 0 Å². The van der Waals surface area contributed by atoms with Crippen LogP contribution >= 0.6 is 0 Å². The lowest BCUT2D eigenvalue weighted by Crippen LogP contribution is -2.38. The normalized spacial score (nSPS) is 13.2. The highest BCUT2D eigenvalue weighted by molar-refractivity contribution is 5.76. The Kier molecular flexibility index (Phi) is 4.12. The van der Waals surface area contributed by atoms with Crippen LogP contribution in [-0.2, 0) is 16.0 Å². The van der Waals surface area contributed by atoms with Crippen LogP contribution in [0, 0.1) is 0 Å². The van der Waals surface area contributed by atoms with Crippen LogP contribution in [0.25, 0.3) is 0 Å². The van der Waals surface area contributed by atoms with E-state index in [2.05, 4.69) is 0 Å². The predicted molar refractivity (Wildman–Crippen MR) is 68.4 cm³/mol. The Morgan fingerprint density at radius 2 is 2.06 bits per heavy atom. The molecule has 1 atom stereocenters. The summed E-state index contributed by atoms with van der Waals surface area (Å²) in [6.45, 7) is 5.45. The van der Waals surface area contributed by atoms with Gasteiger partial charge in [0.1, 0.15) is 11.6 Å². The van der Waals surface area contributed by atoms with Crippen molar-refractivity contribution in [2.75, 3.05) is 5.73 Å². The largest absolute Gasteiger partial charge is 0.459 e. The molecule has 1 rings (SSSR count). The summed E-state index contributed by atoms with van der Waals surface area (Å²) in [5, 5.41) is 0. The minimum absolute atomic E-state index is 0.389. The maximum Gasteiger partial charge on any atom is 0.323 e. The minimum atomic E-state index is -0.656. The predicted octanol–water partition coefficient (Wildman–Crippen LogP) is 1.48. The molecule has 0 fully saturated rings. The molecule has 0 radical (unpaired) electrons. The zero-order chi connectivity index (χ0) is 13.1. The molecule has 0 aliphatic rings. The van der Waals surface area contributed by atoms with Crippen molar-refractivity contribution in [3.05, 3.63) is 29.8 Å². The maximum absolute atomic E-state index is 11.7. The fourth-order valence-electron chi connectivity index (χ4n) is 1.43. The van der Waals surface area contributed by atoms with E-state index < -0.39 is 11.6 Å². The molecule has 1 aromatic carbocycles. The number of benzene rings is 1. The van der Waals surface area contributed by atoms with Gasteiger partial charge in [0.15, 0.2) is 0 Å². The number of esters is 1. The third-order valence-corrected chi connectivity index (χ3v) is 2.12. The van der Waals surface area contributed by atoms with Gasteiger partial charge in [-0.05, 0) is 44.9 Å². The lowest BCUT2D eigenvalue weighted by Gasteiger charge is -2.22. The third-order valence-electron chi connectivity index (χ3n) is 2.12. The van der Waals surface area contributed by atoms with Gasteiger partial charge < -0.3 is 16.2 Å². The molecule has 94 valence electrons. The lowest BCUT2D eigenvalue weighted by molar-refractivity contribution is -0.156. The van der Waals surface area contributed by atoms with E-state index >= 15 is 0 Å². The first-order valence-electron chi connectivity index (χ1n) is 5.61. The molecule has 17 heavy (non-hydrogen) atoms. The van der Waals surface area contributed by atoms with Gasteiger partial charge in [-0.25, -0.2) is 0 Å². The third kappa shape index (κ3) is 4.87. The Labute approximate surface area is 102 Å². The van der Waals surface area contributed by atoms with E-state index in [4.69, 9.17) is 16.2 Å². The number of nitrogen functional groups attached to an aromatic ring is 1. The van der Waals surface area contributed by atoms with Crippen LogP contribution in [0.4, 0.5) is 5.69 Å². The molecular weight excluding hydrogens is 216 g/mol. The summed E-state index contributed by atoms with van der Waals surface area (Å²) in [6, 6.07) is 6.68. The van der Waals surface area contributed by atoms with Gasteiger partial charge in [-0.15, -0.1) is 0 Å². The van der Waals surface area contributed by atoms with E-state index in [0.717, 1.165) is 5.56 Å². The van der Waals surface area contributed by atoms with Crippen molar-refractivity contribution < 1.29 is 9.53 Å². The van der Waals surface area contributed by atoms with Gasteiger partial charge >= 0.3 is 5.97 Å². The number of anilines is 1. The molecule has 4 nitrogen and oxygen atoms in total. The average Bonchev–Trinajstić information content (AvgIpc) is 2.14. The van der Waals surface area contributed by atoms with Crippen molar-refractivity contribution in [2.24, 2.45) is 5.73 Å². The van der Waals surface area contributed by atoms with E-state index in [1.165, 1.54) is 0 Å². The summed E-state index contributed by atoms with van der Waals surface area (Å²) in [4.78, 5) is 11.7. The number of carbonyl (C=O) groups is 1. The van der Waals surface area contributed by atoms with E-state index in [1.807, 2.05) is 39.0 Å². The Hall–Kier alpha value is -1.55. The van der Waals surface area contributed by atoms with Crippen LogP contribution in [-0.4, -0.2) is 17.6 Å². The summed E-state index contributed by atoms with van der Waals surface area (Å²) in [5.41, 5.74) is 12.5. The lowest BCUT2D eigenvalue weighted by atomic mass is 10.1. The first-order chi connectivity index (χ1) is 7.78. The molecule has 1 aromatic rings. The van der Waals surface area contributed by atoms with Crippen molar-refractivity contribution >= 4 is 11.7 Å². The second kappa shape index (κ2) is 5.19. The van der Waals surface area contributed by atoms with Crippen LogP contribution in [0.3, 0.4) is 0 Å². The Morgan fingerprint density at radius 1 is 1.41 bits per heavy atom. The Balaban J connectivity index is 2.60. The smallest absolute Gasteiger partial charge is 0.323 e. The van der Waals surface area contributed by atoms with Crippen LogP contribution < -0.4 is 11.5 Å². The fraction of sp³-hybridized carbons (Fsp3) is 0.462. The SMILES string of the molecule is CC(C)(C)OC(=O)[C@@H](N)Cc1cccc(N)c1. The van der Waals surface area contributed by atoms with E-state index in [1.54, 1.807) is 6.07 Å². The van der Waals surface area contributed by atoms with E-state index in [-0.39, 0.29) is 5.97 Å². The number of ether oxygens (including phenoxy) is 1. The van der Waals surface area contributed by atoms with Crippen LogP contribution in [0.15, 0.2) is 24.3 Å². The fourth-order valence-corrected chi connectivity index (χ4v) is 1.43. The minimum Gasteiger partial charge on any atom is -0.459 e. The topological polar surface area (TPSA) is 78.3 Å². The van der Waals surface area contributed by atoms with Crippen LogP contribution in [0.2, 0.25) is 0 Å². The van der Waals surface area contributed by atoms with Crippen molar-refractivity contribution in [2.45, 2.75) is 38.8 Å². The summed E-state index contributed by atoms with van der Waals surface area (Å²) in [7, 11) is 0. The summed E-state index contributed by atoms with van der Waals surface area (Å²) in [6.07, 6.45) is 0.431. The second-order valence-electron chi connectivity index (χ2n) is 5.09. The molecule has 0 saturated heterocycles. The number of nitrogens with two attached hydrogens (primary N) is 2. The van der Waals surface area contributed by atoms with Crippen molar-refractivity contribution in [3.8, 4) is 0 Å². The van der Waals surface area contributed by atoms with Gasteiger partial charge in [-0.2, -0.15) is 0 Å². The number of rotatable bonds is 3. The average molecular weight is 236 g/mol. The summed E-state index contributed by atoms with van der Waals surface area (Å²) >= 11 is 0. The molecule has 0 heterocycles. The molecule has 4 N–H and O–H groups in total. The molecule has 0 spiro atoms. The molecule has 0 amide bonds. The second-order valence-corrected chi connectivity index (χ2v) is 5.09. The Morgan fingerprint density at radius 3 is 2.59 bits per heavy atom. The zero-order valence-electron chi connectivity index (χ0n) is 10.6. The van der Waals surface area contributed by atoms with Crippen molar-refractivity contribution in [1.82, 2.24) is 0 Å². The highest BCUT2D eigenvalue weighted by Crippen LogP contribution is 2.12. The van der Waals surface area contributed by atoms with E-state index in [9.17, 15) is 4.79 Å². The van der Waals surface area contributed by atoms with Crippen LogP contribution in [0.1, 0.15) is 26.3 Å². The van der Waals surface area contributed by atoms with Crippen molar-refractivity contribution in [1.29, 1.82) is 0 Å². The molecule has 0 aliphatic carbocycles. The monoisotopic (exact) mass is 236 g/mol. The number of carbonyl (C=O) groups excluding carboxylic acids is 1. The zero-order valence-corrected chi connectivity index (χ0v) is 10.6. The highest BCUT2D eigenvalue weighted by Gasteiger charge is 2.22.